The molecular weight excluding hydrogens is 366 g/mol. The number of aromatic nitrogens is 4. The summed E-state index contributed by atoms with van der Waals surface area (Å²) >= 11 is 4.74. The normalized spacial score (nSPS) is 10.7. The summed E-state index contributed by atoms with van der Waals surface area (Å²) in [6.45, 7) is 3.80. The molecule has 3 rings (SSSR count). The summed E-state index contributed by atoms with van der Waals surface area (Å²) in [7, 11) is 0. The van der Waals surface area contributed by atoms with E-state index in [4.69, 9.17) is 0 Å². The van der Waals surface area contributed by atoms with E-state index in [2.05, 4.69) is 36.8 Å². The average molecular weight is 378 g/mol. The van der Waals surface area contributed by atoms with E-state index < -0.39 is 0 Å². The number of carbonyl (C=O) groups is 1. The summed E-state index contributed by atoms with van der Waals surface area (Å²) in [6, 6.07) is 9.28. The number of thiophene rings is 1. The van der Waals surface area contributed by atoms with Gasteiger partial charge >= 0.3 is 0 Å². The maximum absolute atomic E-state index is 12.2. The third-order valence-electron chi connectivity index (χ3n) is 3.12. The Bertz CT molecular complexity index is 841. The largest absolute Gasteiger partial charge is 0.321 e. The minimum absolute atomic E-state index is 0.140. The van der Waals surface area contributed by atoms with E-state index in [0.717, 1.165) is 15.0 Å². The summed E-state index contributed by atoms with van der Waals surface area (Å²) in [4.78, 5) is 12.9. The van der Waals surface area contributed by atoms with E-state index in [1.807, 2.05) is 38.1 Å². The number of tetrazole rings is 1. The molecular formula is C14H12BrN5OS. The van der Waals surface area contributed by atoms with Crippen molar-refractivity contribution in [1.82, 2.24) is 20.2 Å². The zero-order chi connectivity index (χ0) is 15.7. The molecule has 0 fully saturated rings. The molecule has 3 aromatic rings. The second kappa shape index (κ2) is 5.98. The first kappa shape index (κ1) is 14.9. The van der Waals surface area contributed by atoms with Crippen LogP contribution in [-0.2, 0) is 0 Å². The van der Waals surface area contributed by atoms with Gasteiger partial charge in [-0.2, -0.15) is 4.68 Å². The maximum Gasteiger partial charge on any atom is 0.265 e. The topological polar surface area (TPSA) is 72.7 Å². The summed E-state index contributed by atoms with van der Waals surface area (Å²) in [5.41, 5.74) is 2.56. The number of anilines is 1. The minimum Gasteiger partial charge on any atom is -0.321 e. The van der Waals surface area contributed by atoms with E-state index in [0.29, 0.717) is 16.4 Å². The highest BCUT2D eigenvalue weighted by molar-refractivity contribution is 9.11. The number of nitrogens with zero attached hydrogens (tertiary/aromatic N) is 4. The molecule has 2 aromatic heterocycles. The molecule has 1 aromatic carbocycles. The fourth-order valence-corrected chi connectivity index (χ4v) is 3.28. The lowest BCUT2D eigenvalue weighted by molar-refractivity contribution is 0.103. The molecule has 2 heterocycles. The van der Waals surface area contributed by atoms with Crippen molar-refractivity contribution in [3.05, 3.63) is 50.4 Å². The molecule has 1 N–H and O–H groups in total. The SMILES string of the molecule is Cc1ccc(NC(=O)c2ccc(Br)s2)cc1-n1nnnc1C. The predicted octanol–water partition coefficient (Wildman–Crippen LogP) is 3.36. The van der Waals surface area contributed by atoms with Crippen LogP contribution in [0.4, 0.5) is 5.69 Å². The molecule has 0 aliphatic heterocycles. The second-order valence-electron chi connectivity index (χ2n) is 4.70. The number of hydrogen-bond donors (Lipinski definition) is 1. The first-order chi connectivity index (χ1) is 10.5. The van der Waals surface area contributed by atoms with Crippen LogP contribution >= 0.6 is 27.3 Å². The van der Waals surface area contributed by atoms with Crippen molar-refractivity contribution in [2.45, 2.75) is 13.8 Å². The highest BCUT2D eigenvalue weighted by Gasteiger charge is 2.12. The predicted molar refractivity (Wildman–Crippen MR) is 88.6 cm³/mol. The van der Waals surface area contributed by atoms with Crippen molar-refractivity contribution >= 4 is 38.9 Å². The highest BCUT2D eigenvalue weighted by Crippen LogP contribution is 2.24. The van der Waals surface area contributed by atoms with E-state index >= 15 is 0 Å². The Kier molecular flexibility index (Phi) is 4.04. The summed E-state index contributed by atoms with van der Waals surface area (Å²) in [6.07, 6.45) is 0. The number of benzene rings is 1. The van der Waals surface area contributed by atoms with E-state index in [1.54, 1.807) is 10.7 Å². The van der Waals surface area contributed by atoms with Crippen LogP contribution < -0.4 is 5.32 Å². The fraction of sp³-hybridized carbons (Fsp3) is 0.143. The Morgan fingerprint density at radius 2 is 2.09 bits per heavy atom. The first-order valence-electron chi connectivity index (χ1n) is 6.47. The van der Waals surface area contributed by atoms with Crippen LogP contribution in [0.3, 0.4) is 0 Å². The van der Waals surface area contributed by atoms with Gasteiger partial charge in [0.1, 0.15) is 0 Å². The fourth-order valence-electron chi connectivity index (χ4n) is 2.00. The lowest BCUT2D eigenvalue weighted by Crippen LogP contribution is -2.11. The van der Waals surface area contributed by atoms with E-state index in [9.17, 15) is 4.79 Å². The molecule has 112 valence electrons. The average Bonchev–Trinajstić information content (AvgIpc) is 3.10. The third-order valence-corrected chi connectivity index (χ3v) is 4.74. The number of aryl methyl sites for hydroxylation is 2. The van der Waals surface area contributed by atoms with Gasteiger partial charge in [0, 0.05) is 5.69 Å². The minimum atomic E-state index is -0.140. The Morgan fingerprint density at radius 1 is 1.27 bits per heavy atom. The van der Waals surface area contributed by atoms with Crippen molar-refractivity contribution < 1.29 is 4.79 Å². The second-order valence-corrected chi connectivity index (χ2v) is 7.16. The highest BCUT2D eigenvalue weighted by atomic mass is 79.9. The summed E-state index contributed by atoms with van der Waals surface area (Å²) in [5, 5.41) is 14.4. The van der Waals surface area contributed by atoms with Gasteiger partial charge in [0.25, 0.3) is 5.91 Å². The van der Waals surface area contributed by atoms with E-state index in [-0.39, 0.29) is 5.91 Å². The Balaban J connectivity index is 1.90. The van der Waals surface area contributed by atoms with Gasteiger partial charge in [-0.3, -0.25) is 4.79 Å². The quantitative estimate of drug-likeness (QED) is 0.759. The molecule has 6 nitrogen and oxygen atoms in total. The molecule has 0 saturated heterocycles. The van der Waals surface area contributed by atoms with Crippen LogP contribution in [0, 0.1) is 13.8 Å². The smallest absolute Gasteiger partial charge is 0.265 e. The molecule has 8 heteroatoms. The standard InChI is InChI=1S/C14H12BrN5OS/c1-8-3-4-10(7-11(8)20-9(2)17-18-19-20)16-14(21)12-5-6-13(15)22-12/h3-7H,1-2H3,(H,16,21). The number of carbonyl (C=O) groups excluding carboxylic acids is 1. The van der Waals surface area contributed by atoms with Crippen molar-refractivity contribution in [3.8, 4) is 5.69 Å². The molecule has 1 amide bonds. The van der Waals surface area contributed by atoms with Gasteiger partial charge in [0.2, 0.25) is 0 Å². The van der Waals surface area contributed by atoms with Crippen LogP contribution in [0.5, 0.6) is 0 Å². The zero-order valence-electron chi connectivity index (χ0n) is 11.9. The number of rotatable bonds is 3. The summed E-state index contributed by atoms with van der Waals surface area (Å²) in [5.74, 6) is 0.549. The van der Waals surface area contributed by atoms with Gasteiger partial charge in [-0.1, -0.05) is 6.07 Å². The van der Waals surface area contributed by atoms with Gasteiger partial charge in [0.15, 0.2) is 5.82 Å². The Hall–Kier alpha value is -2.06. The zero-order valence-corrected chi connectivity index (χ0v) is 14.3. The number of nitrogens with one attached hydrogen (secondary N) is 1. The van der Waals surface area contributed by atoms with Crippen LogP contribution in [0.15, 0.2) is 34.1 Å². The number of halogens is 1. The van der Waals surface area contributed by atoms with Crippen molar-refractivity contribution in [2.24, 2.45) is 0 Å². The molecule has 0 spiro atoms. The lowest BCUT2D eigenvalue weighted by Gasteiger charge is -2.10. The number of hydrogen-bond acceptors (Lipinski definition) is 5. The monoisotopic (exact) mass is 377 g/mol. The van der Waals surface area contributed by atoms with Crippen molar-refractivity contribution in [2.75, 3.05) is 5.32 Å². The van der Waals surface area contributed by atoms with Gasteiger partial charge in [0.05, 0.1) is 14.4 Å². The summed E-state index contributed by atoms with van der Waals surface area (Å²) < 4.78 is 2.57. The molecule has 0 aliphatic carbocycles. The molecule has 0 atom stereocenters. The first-order valence-corrected chi connectivity index (χ1v) is 8.08. The van der Waals surface area contributed by atoms with Gasteiger partial charge in [-0.05, 0) is 70.0 Å². The van der Waals surface area contributed by atoms with Crippen LogP contribution in [0.25, 0.3) is 5.69 Å². The van der Waals surface area contributed by atoms with Gasteiger partial charge in [-0.15, -0.1) is 16.4 Å². The Morgan fingerprint density at radius 3 is 2.73 bits per heavy atom. The maximum atomic E-state index is 12.2. The molecule has 0 saturated carbocycles. The van der Waals surface area contributed by atoms with Crippen molar-refractivity contribution in [3.63, 3.8) is 0 Å². The molecule has 0 bridgehead atoms. The lowest BCUT2D eigenvalue weighted by atomic mass is 10.1. The van der Waals surface area contributed by atoms with E-state index in [1.165, 1.54) is 11.3 Å². The molecule has 0 unspecified atom stereocenters. The van der Waals surface area contributed by atoms with Gasteiger partial charge in [-0.25, -0.2) is 0 Å². The van der Waals surface area contributed by atoms with Crippen LogP contribution in [0.1, 0.15) is 21.1 Å². The van der Waals surface area contributed by atoms with Crippen LogP contribution in [0.2, 0.25) is 0 Å². The van der Waals surface area contributed by atoms with Crippen LogP contribution in [-0.4, -0.2) is 26.1 Å². The molecule has 0 aliphatic rings. The van der Waals surface area contributed by atoms with Crippen molar-refractivity contribution in [1.29, 1.82) is 0 Å². The third kappa shape index (κ3) is 2.93. The Labute approximate surface area is 139 Å². The number of amides is 1. The molecule has 0 radical (unpaired) electrons. The molecule has 22 heavy (non-hydrogen) atoms. The van der Waals surface area contributed by atoms with Gasteiger partial charge < -0.3 is 5.32 Å².